The average Bonchev–Trinajstić information content (AvgIpc) is 2.94. The molecule has 0 saturated heterocycles. The summed E-state index contributed by atoms with van der Waals surface area (Å²) in [7, 11) is 3.59. The normalized spacial score (nSPS) is 12.6. The van der Waals surface area contributed by atoms with Crippen molar-refractivity contribution in [2.24, 2.45) is 13.0 Å². The van der Waals surface area contributed by atoms with Crippen molar-refractivity contribution < 1.29 is 4.74 Å². The maximum atomic E-state index is 5.40. The summed E-state index contributed by atoms with van der Waals surface area (Å²) in [6.07, 6.45) is 3.87. The molecule has 116 valence electrons. The number of imidazole rings is 1. The predicted octanol–water partition coefficient (Wildman–Crippen LogP) is 1.67. The second-order valence-corrected chi connectivity index (χ2v) is 5.56. The van der Waals surface area contributed by atoms with E-state index in [-0.39, 0.29) is 0 Å². The summed E-state index contributed by atoms with van der Waals surface area (Å²) in [5.74, 6) is 2.42. The number of nitrogens with zero attached hydrogens (tertiary/aromatic N) is 4. The molecule has 0 bridgehead atoms. The average molecular weight is 291 g/mol. The van der Waals surface area contributed by atoms with Crippen LogP contribution in [0.2, 0.25) is 0 Å². The third-order valence-electron chi connectivity index (χ3n) is 3.71. The largest absolute Gasteiger partial charge is 0.481 e. The van der Waals surface area contributed by atoms with Gasteiger partial charge in [-0.25, -0.2) is 9.67 Å². The standard InChI is InChI=1S/C15H25N5O/c1-11(10-20-7-6-17-13(20)3)8-16-9-14-12(2)18-19(4)15(14)21-5/h6-7,11,16H,8-10H2,1-5H3. The number of hydrogen-bond acceptors (Lipinski definition) is 4. The van der Waals surface area contributed by atoms with E-state index >= 15 is 0 Å². The molecular formula is C15H25N5O. The Bertz CT molecular complexity index is 587. The molecule has 1 atom stereocenters. The fourth-order valence-corrected chi connectivity index (χ4v) is 2.58. The van der Waals surface area contributed by atoms with Crippen LogP contribution >= 0.6 is 0 Å². The number of nitrogens with one attached hydrogen (secondary N) is 1. The van der Waals surface area contributed by atoms with Crippen molar-refractivity contribution in [3.63, 3.8) is 0 Å². The molecule has 2 heterocycles. The van der Waals surface area contributed by atoms with Crippen LogP contribution in [0.25, 0.3) is 0 Å². The smallest absolute Gasteiger partial charge is 0.216 e. The van der Waals surface area contributed by atoms with E-state index in [4.69, 9.17) is 4.74 Å². The number of methoxy groups -OCH3 is 1. The fraction of sp³-hybridized carbons (Fsp3) is 0.600. The molecule has 2 aromatic heterocycles. The van der Waals surface area contributed by atoms with Gasteiger partial charge < -0.3 is 14.6 Å². The van der Waals surface area contributed by atoms with E-state index in [2.05, 4.69) is 26.9 Å². The zero-order valence-corrected chi connectivity index (χ0v) is 13.6. The number of ether oxygens (including phenoxy) is 1. The molecule has 1 N–H and O–H groups in total. The van der Waals surface area contributed by atoms with Gasteiger partial charge in [0.2, 0.25) is 5.88 Å². The highest BCUT2D eigenvalue weighted by atomic mass is 16.5. The van der Waals surface area contributed by atoms with Crippen molar-refractivity contribution in [2.75, 3.05) is 13.7 Å². The summed E-state index contributed by atoms with van der Waals surface area (Å²) in [5, 5.41) is 7.89. The van der Waals surface area contributed by atoms with Crippen LogP contribution in [0.3, 0.4) is 0 Å². The van der Waals surface area contributed by atoms with Crippen LogP contribution in [0.1, 0.15) is 24.0 Å². The lowest BCUT2D eigenvalue weighted by molar-refractivity contribution is 0.366. The highest BCUT2D eigenvalue weighted by Gasteiger charge is 2.13. The van der Waals surface area contributed by atoms with Crippen molar-refractivity contribution in [2.45, 2.75) is 33.9 Å². The Morgan fingerprint density at radius 2 is 2.14 bits per heavy atom. The lowest BCUT2D eigenvalue weighted by Gasteiger charge is -2.14. The van der Waals surface area contributed by atoms with Crippen LogP contribution in [-0.4, -0.2) is 33.0 Å². The molecule has 0 saturated carbocycles. The molecule has 0 fully saturated rings. The highest BCUT2D eigenvalue weighted by Crippen LogP contribution is 2.20. The lowest BCUT2D eigenvalue weighted by atomic mass is 10.1. The number of aromatic nitrogens is 4. The summed E-state index contributed by atoms with van der Waals surface area (Å²) >= 11 is 0. The highest BCUT2D eigenvalue weighted by molar-refractivity contribution is 5.30. The van der Waals surface area contributed by atoms with Gasteiger partial charge in [-0.1, -0.05) is 6.92 Å². The van der Waals surface area contributed by atoms with E-state index in [9.17, 15) is 0 Å². The second-order valence-electron chi connectivity index (χ2n) is 5.56. The van der Waals surface area contributed by atoms with Crippen LogP contribution in [0.4, 0.5) is 0 Å². The van der Waals surface area contributed by atoms with Gasteiger partial charge >= 0.3 is 0 Å². The molecule has 21 heavy (non-hydrogen) atoms. The Balaban J connectivity index is 1.85. The Morgan fingerprint density at radius 3 is 2.76 bits per heavy atom. The molecule has 2 rings (SSSR count). The molecule has 2 aromatic rings. The number of rotatable bonds is 7. The summed E-state index contributed by atoms with van der Waals surface area (Å²) in [5.41, 5.74) is 2.14. The maximum Gasteiger partial charge on any atom is 0.216 e. The minimum atomic E-state index is 0.529. The Kier molecular flexibility index (Phi) is 5.01. The molecule has 0 aliphatic carbocycles. The fourth-order valence-electron chi connectivity index (χ4n) is 2.58. The summed E-state index contributed by atoms with van der Waals surface area (Å²) in [6.45, 7) is 8.97. The van der Waals surface area contributed by atoms with Crippen molar-refractivity contribution in [3.8, 4) is 5.88 Å². The van der Waals surface area contributed by atoms with Crippen molar-refractivity contribution in [1.82, 2.24) is 24.6 Å². The van der Waals surface area contributed by atoms with Crippen LogP contribution < -0.4 is 10.1 Å². The topological polar surface area (TPSA) is 56.9 Å². The Morgan fingerprint density at radius 1 is 1.38 bits per heavy atom. The second kappa shape index (κ2) is 6.76. The van der Waals surface area contributed by atoms with E-state index in [1.165, 1.54) is 0 Å². The first-order valence-corrected chi connectivity index (χ1v) is 7.27. The third kappa shape index (κ3) is 3.64. The maximum absolute atomic E-state index is 5.40. The quantitative estimate of drug-likeness (QED) is 0.843. The Labute approximate surface area is 126 Å². The lowest BCUT2D eigenvalue weighted by Crippen LogP contribution is -2.24. The van der Waals surface area contributed by atoms with Crippen LogP contribution in [0.5, 0.6) is 5.88 Å². The van der Waals surface area contributed by atoms with E-state index < -0.39 is 0 Å². The van der Waals surface area contributed by atoms with Crippen LogP contribution in [0.15, 0.2) is 12.4 Å². The van der Waals surface area contributed by atoms with Gasteiger partial charge in [0.25, 0.3) is 0 Å². The molecule has 0 spiro atoms. The first-order valence-electron chi connectivity index (χ1n) is 7.27. The monoisotopic (exact) mass is 291 g/mol. The summed E-state index contributed by atoms with van der Waals surface area (Å²) < 4.78 is 9.37. The van der Waals surface area contributed by atoms with Crippen molar-refractivity contribution in [3.05, 3.63) is 29.5 Å². The first kappa shape index (κ1) is 15.6. The van der Waals surface area contributed by atoms with Gasteiger partial charge in [0, 0.05) is 32.5 Å². The number of aryl methyl sites for hydroxylation is 3. The Hall–Kier alpha value is -1.82. The van der Waals surface area contributed by atoms with Gasteiger partial charge in [0.1, 0.15) is 5.82 Å². The predicted molar refractivity (Wildman–Crippen MR) is 82.3 cm³/mol. The third-order valence-corrected chi connectivity index (χ3v) is 3.71. The van der Waals surface area contributed by atoms with Gasteiger partial charge in [0.15, 0.2) is 0 Å². The summed E-state index contributed by atoms with van der Waals surface area (Å²) in [4.78, 5) is 4.25. The van der Waals surface area contributed by atoms with Gasteiger partial charge in [-0.15, -0.1) is 0 Å². The zero-order chi connectivity index (χ0) is 15.4. The van der Waals surface area contributed by atoms with E-state index in [0.717, 1.165) is 42.6 Å². The first-order chi connectivity index (χ1) is 10.0. The molecule has 0 aliphatic heterocycles. The van der Waals surface area contributed by atoms with Crippen molar-refractivity contribution >= 4 is 0 Å². The van der Waals surface area contributed by atoms with Crippen molar-refractivity contribution in [1.29, 1.82) is 0 Å². The van der Waals surface area contributed by atoms with Gasteiger partial charge in [-0.05, 0) is 26.3 Å². The van der Waals surface area contributed by atoms with E-state index in [1.54, 1.807) is 11.8 Å². The van der Waals surface area contributed by atoms with E-state index in [1.807, 2.05) is 33.3 Å². The molecule has 6 nitrogen and oxygen atoms in total. The molecule has 6 heteroatoms. The van der Waals surface area contributed by atoms with E-state index in [0.29, 0.717) is 5.92 Å². The molecule has 0 amide bonds. The molecule has 0 aliphatic rings. The van der Waals surface area contributed by atoms with Crippen LogP contribution in [-0.2, 0) is 20.1 Å². The molecule has 1 unspecified atom stereocenters. The number of hydrogen-bond donors (Lipinski definition) is 1. The minimum absolute atomic E-state index is 0.529. The molecule has 0 radical (unpaired) electrons. The van der Waals surface area contributed by atoms with Crippen LogP contribution in [0, 0.1) is 19.8 Å². The molecule has 0 aromatic carbocycles. The zero-order valence-electron chi connectivity index (χ0n) is 13.6. The SMILES string of the molecule is COc1c(CNCC(C)Cn2ccnc2C)c(C)nn1C. The minimum Gasteiger partial charge on any atom is -0.481 e. The van der Waals surface area contributed by atoms with Gasteiger partial charge in [-0.3, -0.25) is 0 Å². The van der Waals surface area contributed by atoms with Gasteiger partial charge in [0.05, 0.1) is 18.4 Å². The van der Waals surface area contributed by atoms with Gasteiger partial charge in [-0.2, -0.15) is 5.10 Å². The molecular weight excluding hydrogens is 266 g/mol. The summed E-state index contributed by atoms with van der Waals surface area (Å²) in [6, 6.07) is 0.